The summed E-state index contributed by atoms with van der Waals surface area (Å²) in [4.78, 5) is 20.4. The number of H-pyrrole nitrogens is 2. The second kappa shape index (κ2) is 10.0. The first-order valence-corrected chi connectivity index (χ1v) is 11.3. The number of carboxylic acids is 1. The van der Waals surface area contributed by atoms with E-state index in [-0.39, 0.29) is 58.4 Å². The van der Waals surface area contributed by atoms with Crippen LogP contribution in [-0.4, -0.2) is 26.0 Å². The number of carboxylic acid groups (broad SMARTS) is 1. The molecular formula is C27H18F5N3O3. The van der Waals surface area contributed by atoms with Gasteiger partial charge in [0, 0.05) is 42.4 Å². The molecule has 0 bridgehead atoms. The molecule has 0 fully saturated rings. The highest BCUT2D eigenvalue weighted by Crippen LogP contribution is 2.34. The molecule has 2 aromatic heterocycles. The van der Waals surface area contributed by atoms with E-state index in [0.717, 1.165) is 24.3 Å². The topological polar surface area (TPSA) is 91.0 Å². The Bertz CT molecular complexity index is 1680. The molecule has 0 saturated heterocycles. The number of aromatic nitrogens is 3. The number of ether oxygens (including phenoxy) is 1. The van der Waals surface area contributed by atoms with Gasteiger partial charge in [0.15, 0.2) is 17.4 Å². The lowest BCUT2D eigenvalue weighted by atomic mass is 10.0. The fraction of sp³-hybridized carbons (Fsp3) is 0.111. The maximum Gasteiger partial charge on any atom is 0.303 e. The summed E-state index contributed by atoms with van der Waals surface area (Å²) in [5, 5.41) is 8.95. The maximum atomic E-state index is 14.9. The smallest absolute Gasteiger partial charge is 0.303 e. The van der Waals surface area contributed by atoms with Crippen molar-refractivity contribution in [3.05, 3.63) is 101 Å². The van der Waals surface area contributed by atoms with Crippen molar-refractivity contribution in [2.75, 3.05) is 0 Å². The zero-order valence-electron chi connectivity index (χ0n) is 19.4. The van der Waals surface area contributed by atoms with E-state index in [2.05, 4.69) is 15.0 Å². The number of hydrogen-bond donors (Lipinski definition) is 3. The molecule has 5 rings (SSSR count). The molecule has 0 unspecified atom stereocenters. The van der Waals surface area contributed by atoms with Crippen LogP contribution in [0.2, 0.25) is 0 Å². The first kappa shape index (κ1) is 25.0. The molecule has 6 nitrogen and oxygen atoms in total. The SMILES string of the molecule is O=C(O)CCc1cc(F)cc(Cc2cnc(-c3cc(Oc4c(F)cc5[nH]ccc5c4F)ccc3F)[nH]2)c1F. The van der Waals surface area contributed by atoms with E-state index in [4.69, 9.17) is 9.84 Å². The van der Waals surface area contributed by atoms with Gasteiger partial charge >= 0.3 is 5.97 Å². The first-order valence-electron chi connectivity index (χ1n) is 11.3. The Hall–Kier alpha value is -4.67. The van der Waals surface area contributed by atoms with Gasteiger partial charge in [0.2, 0.25) is 0 Å². The number of hydrogen-bond acceptors (Lipinski definition) is 3. The Morgan fingerprint density at radius 3 is 2.53 bits per heavy atom. The van der Waals surface area contributed by atoms with Crippen molar-refractivity contribution >= 4 is 16.9 Å². The number of aryl methyl sites for hydroxylation is 1. The predicted molar refractivity (Wildman–Crippen MR) is 127 cm³/mol. The Morgan fingerprint density at radius 2 is 1.74 bits per heavy atom. The monoisotopic (exact) mass is 527 g/mol. The Morgan fingerprint density at radius 1 is 0.947 bits per heavy atom. The molecule has 38 heavy (non-hydrogen) atoms. The van der Waals surface area contributed by atoms with Gasteiger partial charge in [-0.2, -0.15) is 0 Å². The van der Waals surface area contributed by atoms with Gasteiger partial charge in [0.05, 0.1) is 11.1 Å². The van der Waals surface area contributed by atoms with Crippen molar-refractivity contribution in [2.45, 2.75) is 19.3 Å². The van der Waals surface area contributed by atoms with E-state index >= 15 is 0 Å². The van der Waals surface area contributed by atoms with Crippen LogP contribution in [0.3, 0.4) is 0 Å². The standard InChI is InChI=1S/C27H18F5N3O3/c28-15-7-13(1-4-23(36)37)24(31)14(8-15)9-16-12-34-27(35-16)19-10-17(2-3-20(19)29)38-26-21(30)11-22-18(25(26)32)5-6-33-22/h2-3,5-8,10-12,33H,1,4,9H2,(H,34,35)(H,36,37). The van der Waals surface area contributed by atoms with Crippen molar-refractivity contribution in [2.24, 2.45) is 0 Å². The van der Waals surface area contributed by atoms with Gasteiger partial charge in [0.1, 0.15) is 29.0 Å². The number of imidazole rings is 1. The number of carbonyl (C=O) groups is 1. The fourth-order valence-electron chi connectivity index (χ4n) is 4.12. The van der Waals surface area contributed by atoms with Gasteiger partial charge in [-0.3, -0.25) is 4.79 Å². The molecule has 0 aliphatic rings. The van der Waals surface area contributed by atoms with Gasteiger partial charge < -0.3 is 19.8 Å². The Kier molecular flexibility index (Phi) is 6.58. The minimum absolute atomic E-state index is 0.0212. The summed E-state index contributed by atoms with van der Waals surface area (Å²) in [6.07, 6.45) is 2.08. The van der Waals surface area contributed by atoms with Crippen LogP contribution in [0, 0.1) is 29.1 Å². The van der Waals surface area contributed by atoms with Crippen LogP contribution in [0.1, 0.15) is 23.2 Å². The molecular weight excluding hydrogens is 509 g/mol. The molecule has 3 aromatic carbocycles. The molecule has 0 saturated carbocycles. The molecule has 0 amide bonds. The Balaban J connectivity index is 1.41. The summed E-state index contributed by atoms with van der Waals surface area (Å²) in [6.45, 7) is 0. The van der Waals surface area contributed by atoms with E-state index < -0.39 is 40.8 Å². The van der Waals surface area contributed by atoms with E-state index in [1.165, 1.54) is 30.6 Å². The average Bonchev–Trinajstić information content (AvgIpc) is 3.53. The van der Waals surface area contributed by atoms with Gasteiger partial charge in [-0.1, -0.05) is 0 Å². The predicted octanol–water partition coefficient (Wildman–Crippen LogP) is 6.65. The van der Waals surface area contributed by atoms with Crippen LogP contribution in [0.15, 0.2) is 54.9 Å². The lowest BCUT2D eigenvalue weighted by Gasteiger charge is -2.10. The molecule has 0 aliphatic heterocycles. The van der Waals surface area contributed by atoms with E-state index in [1.54, 1.807) is 0 Å². The van der Waals surface area contributed by atoms with Crippen LogP contribution >= 0.6 is 0 Å². The minimum Gasteiger partial charge on any atom is -0.481 e. The van der Waals surface area contributed by atoms with Gasteiger partial charge in [-0.25, -0.2) is 26.9 Å². The van der Waals surface area contributed by atoms with Crippen LogP contribution in [-0.2, 0) is 17.6 Å². The minimum atomic E-state index is -1.14. The third kappa shape index (κ3) is 4.95. The van der Waals surface area contributed by atoms with E-state index in [1.807, 2.05) is 0 Å². The molecule has 11 heteroatoms. The first-order chi connectivity index (χ1) is 18.2. The van der Waals surface area contributed by atoms with Crippen molar-refractivity contribution in [1.29, 1.82) is 0 Å². The molecule has 3 N–H and O–H groups in total. The lowest BCUT2D eigenvalue weighted by Crippen LogP contribution is -2.04. The van der Waals surface area contributed by atoms with Gasteiger partial charge in [-0.15, -0.1) is 0 Å². The number of nitrogens with zero attached hydrogens (tertiary/aromatic N) is 1. The van der Waals surface area contributed by atoms with Crippen LogP contribution < -0.4 is 4.74 Å². The summed E-state index contributed by atoms with van der Waals surface area (Å²) in [5.41, 5.74) is 0.368. The molecule has 0 atom stereocenters. The fourth-order valence-corrected chi connectivity index (χ4v) is 4.12. The third-order valence-electron chi connectivity index (χ3n) is 5.92. The highest BCUT2D eigenvalue weighted by Gasteiger charge is 2.19. The van der Waals surface area contributed by atoms with Crippen molar-refractivity contribution in [3.63, 3.8) is 0 Å². The largest absolute Gasteiger partial charge is 0.481 e. The van der Waals surface area contributed by atoms with Gasteiger partial charge in [-0.05, 0) is 53.9 Å². The van der Waals surface area contributed by atoms with Crippen LogP contribution in [0.25, 0.3) is 22.3 Å². The van der Waals surface area contributed by atoms with Gasteiger partial charge in [0.25, 0.3) is 0 Å². The average molecular weight is 527 g/mol. The molecule has 2 heterocycles. The summed E-state index contributed by atoms with van der Waals surface area (Å²) >= 11 is 0. The lowest BCUT2D eigenvalue weighted by molar-refractivity contribution is -0.136. The zero-order valence-corrected chi connectivity index (χ0v) is 19.4. The normalized spacial score (nSPS) is 11.3. The molecule has 0 radical (unpaired) electrons. The third-order valence-corrected chi connectivity index (χ3v) is 5.92. The van der Waals surface area contributed by atoms with E-state index in [0.29, 0.717) is 5.69 Å². The summed E-state index contributed by atoms with van der Waals surface area (Å²) < 4.78 is 78.2. The number of aromatic amines is 2. The van der Waals surface area contributed by atoms with Crippen LogP contribution in [0.5, 0.6) is 11.5 Å². The number of fused-ring (bicyclic) bond motifs is 1. The van der Waals surface area contributed by atoms with Crippen molar-refractivity contribution in [3.8, 4) is 22.9 Å². The quantitative estimate of drug-likeness (QED) is 0.197. The highest BCUT2D eigenvalue weighted by atomic mass is 19.1. The number of halogens is 5. The summed E-state index contributed by atoms with van der Waals surface area (Å²) in [6, 6.07) is 7.87. The molecule has 0 aliphatic carbocycles. The number of aliphatic carboxylic acids is 1. The Labute approximate surface area is 211 Å². The number of benzene rings is 3. The number of nitrogens with one attached hydrogen (secondary N) is 2. The van der Waals surface area contributed by atoms with E-state index in [9.17, 15) is 26.7 Å². The summed E-state index contributed by atoms with van der Waals surface area (Å²) in [5.74, 6) is -5.90. The van der Waals surface area contributed by atoms with Crippen LogP contribution in [0.4, 0.5) is 22.0 Å². The van der Waals surface area contributed by atoms with Crippen molar-refractivity contribution in [1.82, 2.24) is 15.0 Å². The maximum absolute atomic E-state index is 14.9. The zero-order chi connectivity index (χ0) is 27.0. The second-order valence-corrected chi connectivity index (χ2v) is 8.55. The number of rotatable bonds is 8. The molecule has 5 aromatic rings. The molecule has 194 valence electrons. The molecule has 0 spiro atoms. The van der Waals surface area contributed by atoms with Crippen molar-refractivity contribution < 1.29 is 36.6 Å². The highest BCUT2D eigenvalue weighted by molar-refractivity contribution is 5.82. The summed E-state index contributed by atoms with van der Waals surface area (Å²) in [7, 11) is 0. The second-order valence-electron chi connectivity index (χ2n) is 8.55.